The Hall–Kier alpha value is -3.34. The van der Waals surface area contributed by atoms with Gasteiger partial charge in [0.15, 0.2) is 11.3 Å². The van der Waals surface area contributed by atoms with Crippen molar-refractivity contribution < 1.29 is 23.8 Å². The summed E-state index contributed by atoms with van der Waals surface area (Å²) in [7, 11) is 1.65. The summed E-state index contributed by atoms with van der Waals surface area (Å²) in [5.41, 5.74) is 11.9. The number of nitrogens with one attached hydrogen (secondary N) is 1. The zero-order valence-electron chi connectivity index (χ0n) is 26.6. The zero-order valence-corrected chi connectivity index (χ0v) is 30.9. The lowest BCUT2D eigenvalue weighted by molar-refractivity contribution is -0.0465. The summed E-state index contributed by atoms with van der Waals surface area (Å²) in [6, 6.07) is 0.0767. The van der Waals surface area contributed by atoms with Crippen molar-refractivity contribution in [2.75, 3.05) is 44.8 Å². The van der Waals surface area contributed by atoms with Crippen LogP contribution in [0, 0.1) is 7.40 Å². The molecule has 0 bridgehead atoms. The van der Waals surface area contributed by atoms with Gasteiger partial charge in [-0.3, -0.25) is 5.10 Å². The Morgan fingerprint density at radius 2 is 1.37 bits per heavy atom. The third kappa shape index (κ3) is 8.72. The fraction of sp³-hybridized carbons (Fsp3) is 0.556. The lowest BCUT2D eigenvalue weighted by Gasteiger charge is -2.39. The molecule has 0 spiro atoms. The van der Waals surface area contributed by atoms with E-state index in [0.29, 0.717) is 49.1 Å². The molecular formula is C27H38I2N12O5. The number of nitrogens with zero attached hydrogens (tertiary/aromatic N) is 9. The van der Waals surface area contributed by atoms with Gasteiger partial charge < -0.3 is 35.5 Å². The van der Waals surface area contributed by atoms with Gasteiger partial charge in [0.1, 0.15) is 42.9 Å². The predicted molar refractivity (Wildman–Crippen MR) is 187 cm³/mol. The number of aromatic nitrogens is 8. The van der Waals surface area contributed by atoms with Crippen molar-refractivity contribution in [2.24, 2.45) is 0 Å². The number of likely N-dealkylation sites (tertiary alicyclic amines) is 2. The first-order chi connectivity index (χ1) is 21.5. The van der Waals surface area contributed by atoms with Crippen LogP contribution in [-0.2, 0) is 14.2 Å². The van der Waals surface area contributed by atoms with Gasteiger partial charge in [-0.05, 0) is 86.7 Å². The van der Waals surface area contributed by atoms with Crippen LogP contribution in [0.4, 0.5) is 21.2 Å². The number of carbonyl (C=O) groups is 2. The van der Waals surface area contributed by atoms with E-state index in [2.05, 4.69) is 80.4 Å². The van der Waals surface area contributed by atoms with Gasteiger partial charge in [-0.15, -0.1) is 0 Å². The Morgan fingerprint density at radius 1 is 0.848 bits per heavy atom. The van der Waals surface area contributed by atoms with Crippen molar-refractivity contribution in [3.63, 3.8) is 0 Å². The third-order valence-corrected chi connectivity index (χ3v) is 8.04. The average molecular weight is 864 g/mol. The van der Waals surface area contributed by atoms with E-state index in [1.807, 2.05) is 46.2 Å². The number of nitrogen functional groups attached to an aromatic ring is 2. The zero-order chi connectivity index (χ0) is 34.0. The molecule has 6 heterocycles. The number of ether oxygens (including phenoxy) is 3. The van der Waals surface area contributed by atoms with Gasteiger partial charge in [0, 0.05) is 20.2 Å². The van der Waals surface area contributed by atoms with E-state index in [1.54, 1.807) is 16.9 Å². The molecule has 250 valence electrons. The lowest BCUT2D eigenvalue weighted by Crippen LogP contribution is -2.55. The number of methoxy groups -OCH3 is 1. The van der Waals surface area contributed by atoms with E-state index in [1.165, 1.54) is 12.7 Å². The number of aromatic amines is 1. The molecule has 5 N–H and O–H groups in total. The number of rotatable bonds is 2. The number of fused-ring (bicyclic) bond motifs is 2. The van der Waals surface area contributed by atoms with Crippen LogP contribution < -0.4 is 11.5 Å². The number of H-pyrrole nitrogens is 1. The lowest BCUT2D eigenvalue weighted by atomic mass is 10.1. The van der Waals surface area contributed by atoms with Gasteiger partial charge in [-0.2, -0.15) is 10.2 Å². The molecule has 6 rings (SSSR count). The highest BCUT2D eigenvalue weighted by Crippen LogP contribution is 2.30. The van der Waals surface area contributed by atoms with Crippen LogP contribution in [0.2, 0.25) is 0 Å². The van der Waals surface area contributed by atoms with Crippen LogP contribution in [-0.4, -0.2) is 112 Å². The van der Waals surface area contributed by atoms with Gasteiger partial charge in [0.05, 0.1) is 36.0 Å². The van der Waals surface area contributed by atoms with Crippen LogP contribution in [0.1, 0.15) is 47.6 Å². The molecule has 2 amide bonds. The molecule has 4 aromatic heterocycles. The van der Waals surface area contributed by atoms with Gasteiger partial charge in [0.25, 0.3) is 0 Å². The summed E-state index contributed by atoms with van der Waals surface area (Å²) in [5.74, 6) is 0.886. The Bertz CT molecular complexity index is 1690. The van der Waals surface area contributed by atoms with E-state index >= 15 is 0 Å². The van der Waals surface area contributed by atoms with Crippen molar-refractivity contribution in [2.45, 2.75) is 64.9 Å². The third-order valence-electron chi connectivity index (χ3n) is 6.50. The number of halogens is 2. The van der Waals surface area contributed by atoms with Crippen molar-refractivity contribution in [1.29, 1.82) is 0 Å². The van der Waals surface area contributed by atoms with E-state index in [9.17, 15) is 9.59 Å². The fourth-order valence-corrected chi connectivity index (χ4v) is 5.59. The van der Waals surface area contributed by atoms with Crippen molar-refractivity contribution in [3.8, 4) is 0 Å². The molecule has 19 heteroatoms. The molecule has 2 fully saturated rings. The quantitative estimate of drug-likeness (QED) is 0.246. The summed E-state index contributed by atoms with van der Waals surface area (Å²) >= 11 is 4.22. The Morgan fingerprint density at radius 3 is 1.89 bits per heavy atom. The molecule has 2 saturated heterocycles. The second-order valence-electron chi connectivity index (χ2n) is 12.5. The normalized spacial score (nSPS) is 15.3. The van der Waals surface area contributed by atoms with Gasteiger partial charge in [-0.25, -0.2) is 34.2 Å². The molecule has 2 aliphatic heterocycles. The number of carbonyl (C=O) groups excluding carboxylic acids is 2. The number of anilines is 2. The molecule has 0 radical (unpaired) electrons. The second-order valence-corrected chi connectivity index (χ2v) is 14.6. The largest absolute Gasteiger partial charge is 0.444 e. The van der Waals surface area contributed by atoms with Crippen LogP contribution in [0.5, 0.6) is 0 Å². The molecule has 0 aliphatic carbocycles. The maximum Gasteiger partial charge on any atom is 0.410 e. The number of hydrogen-bond donors (Lipinski definition) is 3. The standard InChI is InChI=1S/C13H17IN6O2.C9H17NO3.C5H4IN5/c1-13(2,3)22-12(21)19-4-7(5-19)20-11-8(9(14)18-20)10(15)16-6-17-11;1-9(2,3)13-8(11)10-5-7(6-10)12-4;6-3-2-4(7)8-1-9-5(2)11-10-3/h6-7H,4-5H2,1-3H3,(H2,15,16,17);7H,5-6H2,1-4H3;1H,(H3,7,8,9,10,11). The Balaban J connectivity index is 0.000000170. The first-order valence-corrected chi connectivity index (χ1v) is 16.4. The number of nitrogens with two attached hydrogens (primary N) is 2. The predicted octanol–water partition coefficient (Wildman–Crippen LogP) is 3.60. The van der Waals surface area contributed by atoms with Crippen molar-refractivity contribution in [3.05, 3.63) is 20.1 Å². The maximum absolute atomic E-state index is 12.0. The van der Waals surface area contributed by atoms with E-state index in [-0.39, 0.29) is 24.3 Å². The smallest absolute Gasteiger partial charge is 0.410 e. The van der Waals surface area contributed by atoms with Crippen molar-refractivity contribution in [1.82, 2.24) is 49.7 Å². The van der Waals surface area contributed by atoms with Crippen LogP contribution in [0.25, 0.3) is 22.1 Å². The number of amides is 2. The highest BCUT2D eigenvalue weighted by Gasteiger charge is 2.37. The summed E-state index contributed by atoms with van der Waals surface area (Å²) in [6.45, 7) is 13.5. The molecule has 17 nitrogen and oxygen atoms in total. The molecule has 4 aromatic rings. The molecule has 0 unspecified atom stereocenters. The molecular weight excluding hydrogens is 826 g/mol. The summed E-state index contributed by atoms with van der Waals surface area (Å²) in [5, 5.41) is 12.7. The van der Waals surface area contributed by atoms with Crippen LogP contribution in [0.15, 0.2) is 12.7 Å². The summed E-state index contributed by atoms with van der Waals surface area (Å²) in [4.78, 5) is 42.6. The molecule has 46 heavy (non-hydrogen) atoms. The topological polar surface area (TPSA) is 218 Å². The molecule has 0 aromatic carbocycles. The SMILES string of the molecule is CC(C)(C)OC(=O)N1CC(n2nc(I)c3c(N)ncnc32)C1.COC1CN(C(=O)OC(C)(C)C)C1.Nc1ncnc2n[nH]c(I)c12. The van der Waals surface area contributed by atoms with Gasteiger partial charge in [0.2, 0.25) is 0 Å². The molecule has 0 saturated carbocycles. The fourth-order valence-electron chi connectivity index (χ4n) is 4.20. The van der Waals surface area contributed by atoms with Crippen LogP contribution in [0.3, 0.4) is 0 Å². The Labute approximate surface area is 292 Å². The summed E-state index contributed by atoms with van der Waals surface area (Å²) < 4.78 is 19.0. The summed E-state index contributed by atoms with van der Waals surface area (Å²) in [6.07, 6.45) is 2.46. The second kappa shape index (κ2) is 14.2. The van der Waals surface area contributed by atoms with E-state index < -0.39 is 11.2 Å². The monoisotopic (exact) mass is 864 g/mol. The average Bonchev–Trinajstić information content (AvgIpc) is 3.42. The van der Waals surface area contributed by atoms with Crippen LogP contribution >= 0.6 is 45.2 Å². The minimum absolute atomic E-state index is 0.0767. The van der Waals surface area contributed by atoms with E-state index in [4.69, 9.17) is 25.7 Å². The van der Waals surface area contributed by atoms with Crippen molar-refractivity contribution >= 4 is 91.1 Å². The van der Waals surface area contributed by atoms with E-state index in [0.717, 1.165) is 18.2 Å². The first kappa shape index (κ1) is 35.5. The Kier molecular flexibility index (Phi) is 11.0. The minimum atomic E-state index is -0.488. The highest BCUT2D eigenvalue weighted by molar-refractivity contribution is 14.1. The first-order valence-electron chi connectivity index (χ1n) is 14.2. The number of hydrogen-bond acceptors (Lipinski definition) is 13. The maximum atomic E-state index is 12.0. The van der Waals surface area contributed by atoms with Gasteiger partial charge in [-0.1, -0.05) is 0 Å². The van der Waals surface area contributed by atoms with Gasteiger partial charge >= 0.3 is 12.2 Å². The minimum Gasteiger partial charge on any atom is -0.444 e. The molecule has 0 atom stereocenters. The molecule has 2 aliphatic rings. The highest BCUT2D eigenvalue weighted by atomic mass is 127.